The number of aliphatic hydroxyl groups is 1. The molecule has 1 heteroatoms. The van der Waals surface area contributed by atoms with Crippen LogP contribution in [0.1, 0.15) is 40.5 Å². The summed E-state index contributed by atoms with van der Waals surface area (Å²) < 4.78 is 0. The van der Waals surface area contributed by atoms with E-state index in [2.05, 4.69) is 19.9 Å². The van der Waals surface area contributed by atoms with E-state index in [1.807, 2.05) is 13.8 Å². The van der Waals surface area contributed by atoms with Gasteiger partial charge in [0.05, 0.1) is 5.76 Å². The van der Waals surface area contributed by atoms with E-state index in [1.54, 1.807) is 0 Å². The Labute approximate surface area is 69.4 Å². The fraction of sp³-hybridized carbons (Fsp3) is 0.600. The molecule has 1 nitrogen and oxygen atoms in total. The molecule has 0 bridgehead atoms. The highest BCUT2D eigenvalue weighted by atomic mass is 16.3. The Kier molecular flexibility index (Phi) is 4.67. The summed E-state index contributed by atoms with van der Waals surface area (Å²) in [7, 11) is 0. The molecule has 1 N–H and O–H groups in total. The van der Waals surface area contributed by atoms with Gasteiger partial charge in [-0.2, -0.15) is 0 Å². The average Bonchev–Trinajstić information content (AvgIpc) is 1.86. The van der Waals surface area contributed by atoms with Gasteiger partial charge in [0, 0.05) is 6.42 Å². The largest absolute Gasteiger partial charge is 0.512 e. The van der Waals surface area contributed by atoms with E-state index in [-0.39, 0.29) is 0 Å². The van der Waals surface area contributed by atoms with Crippen LogP contribution in [0.3, 0.4) is 0 Å². The van der Waals surface area contributed by atoms with Crippen molar-refractivity contribution >= 4 is 0 Å². The van der Waals surface area contributed by atoms with Crippen molar-refractivity contribution in [2.45, 2.75) is 40.5 Å². The van der Waals surface area contributed by atoms with E-state index in [0.717, 1.165) is 18.4 Å². The van der Waals surface area contributed by atoms with Crippen molar-refractivity contribution < 1.29 is 5.11 Å². The number of rotatable bonds is 3. The van der Waals surface area contributed by atoms with Crippen molar-refractivity contribution in [1.29, 1.82) is 0 Å². The van der Waals surface area contributed by atoms with Crippen molar-refractivity contribution in [3.63, 3.8) is 0 Å². The second-order valence-electron chi connectivity index (χ2n) is 3.27. The number of aliphatic hydroxyl groups excluding tert-OH is 1. The van der Waals surface area contributed by atoms with E-state index in [9.17, 15) is 5.11 Å². The van der Waals surface area contributed by atoms with Gasteiger partial charge in [0.2, 0.25) is 0 Å². The Balaban J connectivity index is 3.73. The summed E-state index contributed by atoms with van der Waals surface area (Å²) in [6.45, 7) is 7.99. The van der Waals surface area contributed by atoms with Gasteiger partial charge >= 0.3 is 0 Å². The molecule has 0 aromatic heterocycles. The molecular weight excluding hydrogens is 136 g/mol. The lowest BCUT2D eigenvalue weighted by atomic mass is 10.1. The molecule has 0 atom stereocenters. The maximum absolute atomic E-state index is 9.29. The molecule has 0 radical (unpaired) electrons. The standard InChI is InChI=1S/C10H18O/c1-8(2)6-5-7-10(11)9(3)4/h6,11H,5,7H2,1-4H3. The zero-order valence-corrected chi connectivity index (χ0v) is 7.94. The van der Waals surface area contributed by atoms with E-state index < -0.39 is 0 Å². The highest BCUT2D eigenvalue weighted by Crippen LogP contribution is 2.08. The van der Waals surface area contributed by atoms with Crippen LogP contribution in [0.5, 0.6) is 0 Å². The molecule has 0 amide bonds. The van der Waals surface area contributed by atoms with Crippen LogP contribution in [-0.2, 0) is 0 Å². The molecule has 0 heterocycles. The molecule has 64 valence electrons. The molecule has 11 heavy (non-hydrogen) atoms. The first-order valence-corrected chi connectivity index (χ1v) is 4.02. The van der Waals surface area contributed by atoms with Crippen LogP contribution in [0.2, 0.25) is 0 Å². The third-order valence-corrected chi connectivity index (χ3v) is 1.51. The Morgan fingerprint density at radius 3 is 2.09 bits per heavy atom. The Morgan fingerprint density at radius 2 is 1.73 bits per heavy atom. The second-order valence-corrected chi connectivity index (χ2v) is 3.27. The Morgan fingerprint density at radius 1 is 1.18 bits per heavy atom. The van der Waals surface area contributed by atoms with Crippen LogP contribution in [0.15, 0.2) is 23.0 Å². The molecule has 0 saturated heterocycles. The molecule has 0 aromatic rings. The predicted octanol–water partition coefficient (Wildman–Crippen LogP) is 3.58. The van der Waals surface area contributed by atoms with E-state index in [1.165, 1.54) is 5.57 Å². The van der Waals surface area contributed by atoms with Crippen LogP contribution in [0.25, 0.3) is 0 Å². The van der Waals surface area contributed by atoms with Gasteiger partial charge in [-0.25, -0.2) is 0 Å². The first-order valence-electron chi connectivity index (χ1n) is 4.02. The zero-order chi connectivity index (χ0) is 8.85. The molecule has 0 aliphatic heterocycles. The fourth-order valence-electron chi connectivity index (χ4n) is 0.748. The van der Waals surface area contributed by atoms with Gasteiger partial charge in [-0.15, -0.1) is 0 Å². The molecule has 0 aliphatic rings. The van der Waals surface area contributed by atoms with Crippen LogP contribution in [0, 0.1) is 0 Å². The lowest BCUT2D eigenvalue weighted by molar-refractivity contribution is 0.382. The van der Waals surface area contributed by atoms with Crippen molar-refractivity contribution in [3.05, 3.63) is 23.0 Å². The summed E-state index contributed by atoms with van der Waals surface area (Å²) in [6, 6.07) is 0. The second kappa shape index (κ2) is 5.00. The summed E-state index contributed by atoms with van der Waals surface area (Å²) in [5.41, 5.74) is 2.33. The van der Waals surface area contributed by atoms with Crippen molar-refractivity contribution in [2.75, 3.05) is 0 Å². The van der Waals surface area contributed by atoms with Gasteiger partial charge in [-0.3, -0.25) is 0 Å². The fourth-order valence-corrected chi connectivity index (χ4v) is 0.748. The first-order chi connectivity index (χ1) is 5.04. The third kappa shape index (κ3) is 5.71. The summed E-state index contributed by atoms with van der Waals surface area (Å²) >= 11 is 0. The molecule has 0 saturated carbocycles. The lowest BCUT2D eigenvalue weighted by Gasteiger charge is -1.99. The maximum Gasteiger partial charge on any atom is 0.0912 e. The van der Waals surface area contributed by atoms with Gasteiger partial charge in [-0.1, -0.05) is 11.6 Å². The summed E-state index contributed by atoms with van der Waals surface area (Å²) in [6.07, 6.45) is 3.85. The van der Waals surface area contributed by atoms with Gasteiger partial charge in [-0.05, 0) is 39.7 Å². The minimum atomic E-state index is 0.530. The summed E-state index contributed by atoms with van der Waals surface area (Å²) in [5.74, 6) is 0.530. The average molecular weight is 154 g/mol. The topological polar surface area (TPSA) is 20.2 Å². The van der Waals surface area contributed by atoms with E-state index in [4.69, 9.17) is 0 Å². The van der Waals surface area contributed by atoms with Crippen LogP contribution < -0.4 is 0 Å². The SMILES string of the molecule is CC(C)=CCCC(O)=C(C)C. The lowest BCUT2D eigenvalue weighted by Crippen LogP contribution is -1.83. The van der Waals surface area contributed by atoms with Crippen LogP contribution in [0.4, 0.5) is 0 Å². The van der Waals surface area contributed by atoms with Gasteiger partial charge in [0.15, 0.2) is 0 Å². The van der Waals surface area contributed by atoms with Gasteiger partial charge < -0.3 is 5.11 Å². The highest BCUT2D eigenvalue weighted by molar-refractivity contribution is 5.03. The summed E-state index contributed by atoms with van der Waals surface area (Å²) in [4.78, 5) is 0. The Hall–Kier alpha value is -0.720. The zero-order valence-electron chi connectivity index (χ0n) is 7.94. The van der Waals surface area contributed by atoms with Crippen LogP contribution >= 0.6 is 0 Å². The Bertz CT molecular complexity index is 167. The molecule has 0 fully saturated rings. The number of allylic oxidation sites excluding steroid dienone is 4. The predicted molar refractivity (Wildman–Crippen MR) is 49.7 cm³/mol. The van der Waals surface area contributed by atoms with Gasteiger partial charge in [0.25, 0.3) is 0 Å². The molecule has 0 spiro atoms. The minimum Gasteiger partial charge on any atom is -0.512 e. The minimum absolute atomic E-state index is 0.530. The highest BCUT2D eigenvalue weighted by Gasteiger charge is 1.93. The van der Waals surface area contributed by atoms with E-state index >= 15 is 0 Å². The monoisotopic (exact) mass is 154 g/mol. The quantitative estimate of drug-likeness (QED) is 0.486. The smallest absolute Gasteiger partial charge is 0.0912 e. The van der Waals surface area contributed by atoms with E-state index in [0.29, 0.717) is 5.76 Å². The maximum atomic E-state index is 9.29. The van der Waals surface area contributed by atoms with Crippen LogP contribution in [-0.4, -0.2) is 5.11 Å². The molecule has 0 aromatic carbocycles. The van der Waals surface area contributed by atoms with Gasteiger partial charge in [0.1, 0.15) is 0 Å². The van der Waals surface area contributed by atoms with Crippen molar-refractivity contribution in [3.8, 4) is 0 Å². The van der Waals surface area contributed by atoms with Crippen molar-refractivity contribution in [1.82, 2.24) is 0 Å². The van der Waals surface area contributed by atoms with Crippen molar-refractivity contribution in [2.24, 2.45) is 0 Å². The number of hydrogen-bond donors (Lipinski definition) is 1. The summed E-state index contributed by atoms with van der Waals surface area (Å²) in [5, 5.41) is 9.29. The molecule has 0 rings (SSSR count). The normalized spacial score (nSPS) is 9.09. The molecular formula is C10H18O. The molecule has 0 unspecified atom stereocenters. The molecule has 0 aliphatic carbocycles. The first kappa shape index (κ1) is 10.3. The number of hydrogen-bond acceptors (Lipinski definition) is 1. The third-order valence-electron chi connectivity index (χ3n) is 1.51.